The van der Waals surface area contributed by atoms with Gasteiger partial charge in [0.05, 0.1) is 23.5 Å². The lowest BCUT2D eigenvalue weighted by atomic mass is 10.0. The summed E-state index contributed by atoms with van der Waals surface area (Å²) in [6.45, 7) is 3.92. The Hall–Kier alpha value is -1.16. The maximum absolute atomic E-state index is 12.8. The Morgan fingerprint density at radius 1 is 1.04 bits per heavy atom. The van der Waals surface area contributed by atoms with Crippen LogP contribution in [0.2, 0.25) is 10.0 Å². The molecule has 0 aliphatic heterocycles. The summed E-state index contributed by atoms with van der Waals surface area (Å²) in [6, 6.07) is 11.0. The van der Waals surface area contributed by atoms with E-state index in [2.05, 4.69) is 0 Å². The Labute approximate surface area is 151 Å². The summed E-state index contributed by atoms with van der Waals surface area (Å²) in [4.78, 5) is 12.7. The standard InChI is InChI=1S/C17H17Cl2O4P/c1-3-22-24(21,23-4-2)14-7-5-6-12(10-14)17(20)15-11-13(18)8-9-16(15)19/h5-11H,3-4H2,1-2H3. The summed E-state index contributed by atoms with van der Waals surface area (Å²) in [6.07, 6.45) is 0. The van der Waals surface area contributed by atoms with E-state index >= 15 is 0 Å². The van der Waals surface area contributed by atoms with E-state index in [1.165, 1.54) is 12.1 Å². The molecule has 0 N–H and O–H groups in total. The van der Waals surface area contributed by atoms with Gasteiger partial charge >= 0.3 is 7.60 Å². The molecule has 2 aromatic rings. The van der Waals surface area contributed by atoms with E-state index in [9.17, 15) is 9.36 Å². The largest absolute Gasteiger partial charge is 0.361 e. The fourth-order valence-electron chi connectivity index (χ4n) is 2.17. The van der Waals surface area contributed by atoms with Crippen LogP contribution in [0.5, 0.6) is 0 Å². The van der Waals surface area contributed by atoms with E-state index in [1.54, 1.807) is 44.2 Å². The number of hydrogen-bond donors (Lipinski definition) is 0. The molecule has 128 valence electrons. The van der Waals surface area contributed by atoms with Crippen molar-refractivity contribution in [3.8, 4) is 0 Å². The lowest BCUT2D eigenvalue weighted by Gasteiger charge is -2.17. The molecular formula is C17H17Cl2O4P. The molecule has 0 aromatic heterocycles. The third kappa shape index (κ3) is 4.27. The highest BCUT2D eigenvalue weighted by Crippen LogP contribution is 2.46. The monoisotopic (exact) mass is 386 g/mol. The Morgan fingerprint density at radius 3 is 2.33 bits per heavy atom. The molecule has 0 bridgehead atoms. The zero-order valence-electron chi connectivity index (χ0n) is 13.3. The van der Waals surface area contributed by atoms with Crippen molar-refractivity contribution < 1.29 is 18.4 Å². The van der Waals surface area contributed by atoms with Crippen LogP contribution in [-0.4, -0.2) is 19.0 Å². The summed E-state index contributed by atoms with van der Waals surface area (Å²) in [5.74, 6) is -0.316. The molecule has 0 heterocycles. The van der Waals surface area contributed by atoms with Gasteiger partial charge in [-0.1, -0.05) is 35.3 Å². The number of halogens is 2. The van der Waals surface area contributed by atoms with Crippen LogP contribution in [0.4, 0.5) is 0 Å². The zero-order chi connectivity index (χ0) is 17.7. The van der Waals surface area contributed by atoms with Crippen molar-refractivity contribution >= 4 is 41.9 Å². The molecule has 0 aliphatic carbocycles. The number of carbonyl (C=O) groups is 1. The molecule has 2 aromatic carbocycles. The molecule has 0 radical (unpaired) electrons. The average molecular weight is 387 g/mol. The highest BCUT2D eigenvalue weighted by Gasteiger charge is 2.27. The van der Waals surface area contributed by atoms with E-state index in [0.29, 0.717) is 20.9 Å². The highest BCUT2D eigenvalue weighted by atomic mass is 35.5. The van der Waals surface area contributed by atoms with E-state index < -0.39 is 7.60 Å². The molecule has 0 spiro atoms. The van der Waals surface area contributed by atoms with Gasteiger partial charge in [0.25, 0.3) is 0 Å². The Balaban J connectivity index is 2.44. The first-order chi connectivity index (χ1) is 11.4. The van der Waals surface area contributed by atoms with Crippen molar-refractivity contribution in [1.82, 2.24) is 0 Å². The van der Waals surface area contributed by atoms with Gasteiger partial charge in [-0.15, -0.1) is 0 Å². The van der Waals surface area contributed by atoms with Gasteiger partial charge in [-0.25, -0.2) is 0 Å². The van der Waals surface area contributed by atoms with Gasteiger partial charge in [0.15, 0.2) is 5.78 Å². The van der Waals surface area contributed by atoms with Gasteiger partial charge in [0.1, 0.15) is 0 Å². The first-order valence-electron chi connectivity index (χ1n) is 7.40. The first-order valence-corrected chi connectivity index (χ1v) is 9.70. The van der Waals surface area contributed by atoms with E-state index in [4.69, 9.17) is 32.2 Å². The number of rotatable bonds is 7. The third-order valence-electron chi connectivity index (χ3n) is 3.20. The normalized spacial score (nSPS) is 11.5. The molecule has 4 nitrogen and oxygen atoms in total. The predicted molar refractivity (Wildman–Crippen MR) is 96.8 cm³/mol. The summed E-state index contributed by atoms with van der Waals surface area (Å²) >= 11 is 12.0. The highest BCUT2D eigenvalue weighted by molar-refractivity contribution is 7.62. The molecule has 2 rings (SSSR count). The van der Waals surface area contributed by atoms with Gasteiger partial charge in [-0.3, -0.25) is 9.36 Å². The Bertz CT molecular complexity index is 782. The minimum atomic E-state index is -3.46. The van der Waals surface area contributed by atoms with Crippen molar-refractivity contribution in [3.63, 3.8) is 0 Å². The van der Waals surface area contributed by atoms with Crippen LogP contribution in [0.25, 0.3) is 0 Å². The fraction of sp³-hybridized carbons (Fsp3) is 0.235. The molecule has 0 aliphatic rings. The van der Waals surface area contributed by atoms with E-state index in [-0.39, 0.29) is 24.6 Å². The summed E-state index contributed by atoms with van der Waals surface area (Å²) in [5, 5.41) is 1.04. The minimum absolute atomic E-state index is 0.232. The zero-order valence-corrected chi connectivity index (χ0v) is 15.7. The molecule has 0 amide bonds. The first kappa shape index (κ1) is 19.2. The molecule has 0 unspecified atom stereocenters. The molecular weight excluding hydrogens is 370 g/mol. The van der Waals surface area contributed by atoms with Crippen LogP contribution >= 0.6 is 30.8 Å². The predicted octanol–water partition coefficient (Wildman–Crippen LogP) is 5.12. The van der Waals surface area contributed by atoms with E-state index in [1.807, 2.05) is 0 Å². The second-order valence-corrected chi connectivity index (χ2v) is 7.71. The second kappa shape index (κ2) is 8.28. The SMILES string of the molecule is CCOP(=O)(OCC)c1cccc(C(=O)c2cc(Cl)ccc2Cl)c1. The topological polar surface area (TPSA) is 52.6 Å². The van der Waals surface area contributed by atoms with Crippen LogP contribution in [-0.2, 0) is 13.6 Å². The van der Waals surface area contributed by atoms with Gasteiger partial charge < -0.3 is 9.05 Å². The maximum atomic E-state index is 12.8. The van der Waals surface area contributed by atoms with Crippen molar-refractivity contribution in [1.29, 1.82) is 0 Å². The molecule has 0 atom stereocenters. The Kier molecular flexibility index (Phi) is 6.62. The minimum Gasteiger partial charge on any atom is -0.305 e. The quantitative estimate of drug-likeness (QED) is 0.489. The molecule has 0 saturated heterocycles. The van der Waals surface area contributed by atoms with Crippen molar-refractivity contribution in [2.24, 2.45) is 0 Å². The van der Waals surface area contributed by atoms with Crippen molar-refractivity contribution in [2.75, 3.05) is 13.2 Å². The van der Waals surface area contributed by atoms with Crippen LogP contribution in [0.3, 0.4) is 0 Å². The van der Waals surface area contributed by atoms with Crippen LogP contribution in [0.1, 0.15) is 29.8 Å². The molecule has 7 heteroatoms. The average Bonchev–Trinajstić information content (AvgIpc) is 2.57. The summed E-state index contributed by atoms with van der Waals surface area (Å²) in [5.41, 5.74) is 0.611. The Morgan fingerprint density at radius 2 is 1.71 bits per heavy atom. The lowest BCUT2D eigenvalue weighted by Crippen LogP contribution is -2.13. The van der Waals surface area contributed by atoms with Crippen molar-refractivity contribution in [2.45, 2.75) is 13.8 Å². The number of carbonyl (C=O) groups excluding carboxylic acids is 1. The fourth-order valence-corrected chi connectivity index (χ4v) is 4.16. The lowest BCUT2D eigenvalue weighted by molar-refractivity contribution is 0.103. The number of ketones is 1. The summed E-state index contributed by atoms with van der Waals surface area (Å²) in [7, 11) is -3.46. The van der Waals surface area contributed by atoms with Crippen LogP contribution in [0, 0.1) is 0 Å². The second-order valence-electron chi connectivity index (χ2n) is 4.84. The number of hydrogen-bond acceptors (Lipinski definition) is 4. The van der Waals surface area contributed by atoms with Gasteiger partial charge in [0.2, 0.25) is 0 Å². The summed E-state index contributed by atoms with van der Waals surface area (Å²) < 4.78 is 23.5. The third-order valence-corrected chi connectivity index (χ3v) is 5.87. The van der Waals surface area contributed by atoms with Gasteiger partial charge in [-0.05, 0) is 44.2 Å². The van der Waals surface area contributed by atoms with Gasteiger partial charge in [-0.2, -0.15) is 0 Å². The molecule has 0 saturated carbocycles. The maximum Gasteiger partial charge on any atom is 0.361 e. The smallest absolute Gasteiger partial charge is 0.305 e. The van der Waals surface area contributed by atoms with Gasteiger partial charge in [0, 0.05) is 16.1 Å². The number of benzene rings is 2. The molecule has 24 heavy (non-hydrogen) atoms. The molecule has 0 fully saturated rings. The van der Waals surface area contributed by atoms with Crippen LogP contribution < -0.4 is 5.30 Å². The van der Waals surface area contributed by atoms with Crippen LogP contribution in [0.15, 0.2) is 42.5 Å². The van der Waals surface area contributed by atoms with Crippen molar-refractivity contribution in [3.05, 3.63) is 63.6 Å². The van der Waals surface area contributed by atoms with E-state index in [0.717, 1.165) is 0 Å².